The Balaban J connectivity index is 1.76. The molecule has 1 saturated carbocycles. The van der Waals surface area contributed by atoms with Crippen LogP contribution < -0.4 is 5.32 Å². The molecular formula is C15H23NO2S. The van der Waals surface area contributed by atoms with Gasteiger partial charge in [0.2, 0.25) is 5.91 Å². The maximum atomic E-state index is 11.9. The van der Waals surface area contributed by atoms with Gasteiger partial charge in [0.25, 0.3) is 0 Å². The molecule has 1 fully saturated rings. The van der Waals surface area contributed by atoms with Crippen LogP contribution in [0.15, 0.2) is 17.5 Å². The van der Waals surface area contributed by atoms with Crippen molar-refractivity contribution in [2.24, 2.45) is 5.92 Å². The quantitative estimate of drug-likeness (QED) is 0.871. The van der Waals surface area contributed by atoms with Crippen LogP contribution in [-0.2, 0) is 10.4 Å². The minimum atomic E-state index is -0.962. The lowest BCUT2D eigenvalue weighted by molar-refractivity contribution is -0.123. The van der Waals surface area contributed by atoms with Gasteiger partial charge >= 0.3 is 0 Å². The van der Waals surface area contributed by atoms with Gasteiger partial charge in [0, 0.05) is 11.3 Å². The Hall–Kier alpha value is -0.870. The zero-order valence-corrected chi connectivity index (χ0v) is 12.3. The van der Waals surface area contributed by atoms with Crippen molar-refractivity contribution in [1.29, 1.82) is 0 Å². The van der Waals surface area contributed by atoms with Gasteiger partial charge in [-0.2, -0.15) is 0 Å². The number of hydrogen-bond donors (Lipinski definition) is 2. The Morgan fingerprint density at radius 1 is 1.47 bits per heavy atom. The van der Waals surface area contributed by atoms with E-state index >= 15 is 0 Å². The number of carbonyl (C=O) groups excluding carboxylic acids is 1. The van der Waals surface area contributed by atoms with Gasteiger partial charge in [-0.25, -0.2) is 0 Å². The molecule has 1 aliphatic carbocycles. The summed E-state index contributed by atoms with van der Waals surface area (Å²) in [6.45, 7) is 2.04. The van der Waals surface area contributed by atoms with Crippen molar-refractivity contribution in [1.82, 2.24) is 5.32 Å². The zero-order chi connectivity index (χ0) is 13.7. The lowest BCUT2D eigenvalue weighted by Gasteiger charge is -2.24. The molecule has 0 bridgehead atoms. The fourth-order valence-electron chi connectivity index (χ4n) is 2.67. The third-order valence-corrected chi connectivity index (χ3v) is 5.00. The molecule has 4 heteroatoms. The molecule has 106 valence electrons. The Morgan fingerprint density at radius 3 is 2.84 bits per heavy atom. The molecule has 0 saturated heterocycles. The van der Waals surface area contributed by atoms with Crippen molar-refractivity contribution in [2.75, 3.05) is 6.54 Å². The van der Waals surface area contributed by atoms with Crippen LogP contribution in [0.25, 0.3) is 0 Å². The number of hydrogen-bond acceptors (Lipinski definition) is 3. The maximum absolute atomic E-state index is 11.9. The summed E-state index contributed by atoms with van der Waals surface area (Å²) in [4.78, 5) is 12.8. The van der Waals surface area contributed by atoms with Crippen LogP contribution in [0.1, 0.15) is 50.3 Å². The van der Waals surface area contributed by atoms with Crippen molar-refractivity contribution in [3.8, 4) is 0 Å². The fourth-order valence-corrected chi connectivity index (χ4v) is 3.46. The monoisotopic (exact) mass is 281 g/mol. The maximum Gasteiger partial charge on any atom is 0.220 e. The highest BCUT2D eigenvalue weighted by Crippen LogP contribution is 2.27. The molecular weight excluding hydrogens is 258 g/mol. The summed E-state index contributed by atoms with van der Waals surface area (Å²) < 4.78 is 0. The van der Waals surface area contributed by atoms with E-state index in [0.29, 0.717) is 18.9 Å². The Morgan fingerprint density at radius 2 is 2.21 bits per heavy atom. The van der Waals surface area contributed by atoms with Crippen LogP contribution in [0.2, 0.25) is 0 Å². The first kappa shape index (κ1) is 14.5. The molecule has 1 aliphatic rings. The van der Waals surface area contributed by atoms with Crippen molar-refractivity contribution in [2.45, 2.75) is 51.0 Å². The molecule has 2 N–H and O–H groups in total. The first-order valence-corrected chi connectivity index (χ1v) is 7.99. The predicted octanol–water partition coefficient (Wildman–Crippen LogP) is 3.04. The van der Waals surface area contributed by atoms with E-state index in [2.05, 4.69) is 5.32 Å². The summed E-state index contributed by atoms with van der Waals surface area (Å²) >= 11 is 1.52. The normalized spacial score (nSPS) is 19.9. The van der Waals surface area contributed by atoms with Crippen LogP contribution in [0.5, 0.6) is 0 Å². The van der Waals surface area contributed by atoms with Gasteiger partial charge in [-0.15, -0.1) is 11.3 Å². The summed E-state index contributed by atoms with van der Waals surface area (Å²) in [5, 5.41) is 15.1. The second-order valence-corrected chi connectivity index (χ2v) is 6.68. The second kappa shape index (κ2) is 6.53. The van der Waals surface area contributed by atoms with Gasteiger partial charge in [-0.05, 0) is 37.1 Å². The molecule has 1 unspecified atom stereocenters. The summed E-state index contributed by atoms with van der Waals surface area (Å²) in [5.41, 5.74) is -0.962. The molecule has 0 aliphatic heterocycles. The third-order valence-electron chi connectivity index (χ3n) is 3.88. The fraction of sp³-hybridized carbons (Fsp3) is 0.667. The molecule has 3 nitrogen and oxygen atoms in total. The van der Waals surface area contributed by atoms with Crippen LogP contribution in [0, 0.1) is 5.92 Å². The average molecular weight is 281 g/mol. The van der Waals surface area contributed by atoms with Crippen molar-refractivity contribution in [3.63, 3.8) is 0 Å². The Kier molecular flexibility index (Phi) is 4.99. The van der Waals surface area contributed by atoms with Crippen molar-refractivity contribution in [3.05, 3.63) is 22.4 Å². The summed E-state index contributed by atoms with van der Waals surface area (Å²) in [7, 11) is 0. The Labute approximate surface area is 119 Å². The standard InChI is InChI=1S/C15H23NO2S/c1-15(18,13-8-5-9-19-13)11-16-14(17)10-12-6-3-2-4-7-12/h5,8-9,12,18H,2-4,6-7,10-11H2,1H3,(H,16,17). The third kappa shape index (κ3) is 4.32. The molecule has 1 aromatic rings. The number of aliphatic hydroxyl groups is 1. The molecule has 0 aromatic carbocycles. The number of thiophene rings is 1. The summed E-state index contributed by atoms with van der Waals surface area (Å²) in [5.74, 6) is 0.615. The van der Waals surface area contributed by atoms with E-state index in [1.54, 1.807) is 6.92 Å². The van der Waals surface area contributed by atoms with Gasteiger partial charge in [-0.1, -0.05) is 25.3 Å². The van der Waals surface area contributed by atoms with E-state index in [0.717, 1.165) is 4.88 Å². The second-order valence-electron chi connectivity index (χ2n) is 5.74. The number of rotatable bonds is 5. The van der Waals surface area contributed by atoms with Crippen LogP contribution in [0.4, 0.5) is 0 Å². The van der Waals surface area contributed by atoms with Gasteiger partial charge in [-0.3, -0.25) is 4.79 Å². The largest absolute Gasteiger partial charge is 0.383 e. The zero-order valence-electron chi connectivity index (χ0n) is 11.5. The van der Waals surface area contributed by atoms with Gasteiger partial charge in [0.05, 0.1) is 6.54 Å². The van der Waals surface area contributed by atoms with E-state index in [9.17, 15) is 9.90 Å². The highest BCUT2D eigenvalue weighted by Gasteiger charge is 2.25. The minimum absolute atomic E-state index is 0.0729. The van der Waals surface area contributed by atoms with Crippen molar-refractivity contribution < 1.29 is 9.90 Å². The predicted molar refractivity (Wildman–Crippen MR) is 78.1 cm³/mol. The first-order valence-electron chi connectivity index (χ1n) is 7.11. The van der Waals surface area contributed by atoms with Gasteiger partial charge in [0.1, 0.15) is 5.60 Å². The molecule has 1 heterocycles. The van der Waals surface area contributed by atoms with Gasteiger partial charge in [0.15, 0.2) is 0 Å². The number of amides is 1. The Bertz CT molecular complexity index is 394. The van der Waals surface area contributed by atoms with Gasteiger partial charge < -0.3 is 10.4 Å². The van der Waals surface area contributed by atoms with E-state index in [1.165, 1.54) is 43.4 Å². The lowest BCUT2D eigenvalue weighted by atomic mass is 9.87. The van der Waals surface area contributed by atoms with E-state index in [-0.39, 0.29) is 5.91 Å². The van der Waals surface area contributed by atoms with Crippen LogP contribution >= 0.6 is 11.3 Å². The average Bonchev–Trinajstić information content (AvgIpc) is 2.92. The lowest BCUT2D eigenvalue weighted by Crippen LogP contribution is -2.38. The van der Waals surface area contributed by atoms with E-state index in [4.69, 9.17) is 0 Å². The topological polar surface area (TPSA) is 49.3 Å². The molecule has 2 rings (SSSR count). The number of carbonyl (C=O) groups is 1. The molecule has 1 amide bonds. The highest BCUT2D eigenvalue weighted by atomic mass is 32.1. The SMILES string of the molecule is CC(O)(CNC(=O)CC1CCCCC1)c1cccs1. The molecule has 0 spiro atoms. The van der Waals surface area contributed by atoms with Crippen LogP contribution in [0.3, 0.4) is 0 Å². The first-order chi connectivity index (χ1) is 9.08. The smallest absolute Gasteiger partial charge is 0.220 e. The molecule has 1 atom stereocenters. The minimum Gasteiger partial charge on any atom is -0.383 e. The molecule has 0 radical (unpaired) electrons. The summed E-state index contributed by atoms with van der Waals surface area (Å²) in [6.07, 6.45) is 6.78. The van der Waals surface area contributed by atoms with E-state index < -0.39 is 5.60 Å². The molecule has 19 heavy (non-hydrogen) atoms. The van der Waals surface area contributed by atoms with Crippen molar-refractivity contribution >= 4 is 17.2 Å². The van der Waals surface area contributed by atoms with Crippen LogP contribution in [-0.4, -0.2) is 17.6 Å². The molecule has 1 aromatic heterocycles. The highest BCUT2D eigenvalue weighted by molar-refractivity contribution is 7.10. The van der Waals surface area contributed by atoms with E-state index in [1.807, 2.05) is 17.5 Å². The summed E-state index contributed by atoms with van der Waals surface area (Å²) in [6, 6.07) is 3.82. The number of nitrogens with one attached hydrogen (secondary N) is 1.